The molecular formula is C16H23NO2. The number of aliphatic hydroxyl groups excluding tert-OH is 1. The van der Waals surface area contributed by atoms with E-state index in [0.717, 1.165) is 31.2 Å². The van der Waals surface area contributed by atoms with Gasteiger partial charge in [-0.2, -0.15) is 0 Å². The van der Waals surface area contributed by atoms with Gasteiger partial charge in [0, 0.05) is 26.6 Å². The van der Waals surface area contributed by atoms with Crippen LogP contribution in [0.4, 0.5) is 0 Å². The van der Waals surface area contributed by atoms with Gasteiger partial charge in [-0.05, 0) is 18.4 Å². The molecule has 2 unspecified atom stereocenters. The van der Waals surface area contributed by atoms with Crippen molar-refractivity contribution in [3.63, 3.8) is 0 Å². The van der Waals surface area contributed by atoms with Gasteiger partial charge in [-0.1, -0.05) is 43.2 Å². The first-order valence-corrected chi connectivity index (χ1v) is 7.01. The number of carbonyl (C=O) groups excluding carboxylic acids is 1. The summed E-state index contributed by atoms with van der Waals surface area (Å²) in [5, 5.41) is 9.75. The van der Waals surface area contributed by atoms with Gasteiger partial charge in [0.1, 0.15) is 0 Å². The van der Waals surface area contributed by atoms with Crippen LogP contribution >= 0.6 is 0 Å². The Labute approximate surface area is 115 Å². The zero-order valence-electron chi connectivity index (χ0n) is 11.8. The summed E-state index contributed by atoms with van der Waals surface area (Å²) in [6.07, 6.45) is 3.90. The van der Waals surface area contributed by atoms with Crippen molar-refractivity contribution in [2.75, 3.05) is 20.7 Å². The van der Waals surface area contributed by atoms with E-state index in [1.807, 2.05) is 30.3 Å². The molecule has 2 rings (SSSR count). The standard InChI is InChI=1S/C16H23NO2/c1-17(2)15(19)16(13-8-4-3-5-9-13)11-7-6-10-14(16)12-18/h3-5,8-9,14,18H,6-7,10-12H2,1-2H3. The van der Waals surface area contributed by atoms with Crippen molar-refractivity contribution >= 4 is 5.91 Å². The lowest BCUT2D eigenvalue weighted by Gasteiger charge is -2.44. The number of hydrogen-bond acceptors (Lipinski definition) is 2. The van der Waals surface area contributed by atoms with Crippen molar-refractivity contribution in [2.45, 2.75) is 31.1 Å². The molecule has 0 bridgehead atoms. The molecule has 1 amide bonds. The van der Waals surface area contributed by atoms with Crippen molar-refractivity contribution in [1.29, 1.82) is 0 Å². The number of nitrogens with zero attached hydrogens (tertiary/aromatic N) is 1. The van der Waals surface area contributed by atoms with Gasteiger partial charge < -0.3 is 10.0 Å². The predicted molar refractivity (Wildman–Crippen MR) is 75.9 cm³/mol. The average molecular weight is 261 g/mol. The molecule has 19 heavy (non-hydrogen) atoms. The summed E-state index contributed by atoms with van der Waals surface area (Å²) in [6.45, 7) is 0.0779. The number of aliphatic hydroxyl groups is 1. The normalized spacial score (nSPS) is 27.0. The molecule has 0 aliphatic heterocycles. The second-order valence-corrected chi connectivity index (χ2v) is 5.66. The number of likely N-dealkylation sites (N-methyl/N-ethyl adjacent to an activating group) is 1. The maximum atomic E-state index is 12.8. The largest absolute Gasteiger partial charge is 0.396 e. The Morgan fingerprint density at radius 1 is 1.32 bits per heavy atom. The second kappa shape index (κ2) is 5.74. The molecule has 3 nitrogen and oxygen atoms in total. The predicted octanol–water partition coefficient (Wildman–Crippen LogP) is 2.20. The van der Waals surface area contributed by atoms with E-state index in [1.54, 1.807) is 19.0 Å². The first-order valence-electron chi connectivity index (χ1n) is 7.01. The SMILES string of the molecule is CN(C)C(=O)C1(c2ccccc2)CCCCC1CO. The number of rotatable bonds is 3. The Morgan fingerprint density at radius 3 is 2.58 bits per heavy atom. The van der Waals surface area contributed by atoms with Crippen LogP contribution in [0.25, 0.3) is 0 Å². The molecule has 1 aromatic rings. The van der Waals surface area contributed by atoms with Gasteiger partial charge in [0.2, 0.25) is 5.91 Å². The monoisotopic (exact) mass is 261 g/mol. The molecule has 1 aliphatic carbocycles. The van der Waals surface area contributed by atoms with Crippen molar-refractivity contribution in [3.05, 3.63) is 35.9 Å². The highest BCUT2D eigenvalue weighted by atomic mass is 16.3. The molecule has 0 heterocycles. The Hall–Kier alpha value is -1.35. The fraction of sp³-hybridized carbons (Fsp3) is 0.562. The molecule has 0 radical (unpaired) electrons. The summed E-state index contributed by atoms with van der Waals surface area (Å²) in [6, 6.07) is 9.96. The van der Waals surface area contributed by atoms with E-state index in [4.69, 9.17) is 0 Å². The molecule has 3 heteroatoms. The van der Waals surface area contributed by atoms with Gasteiger partial charge >= 0.3 is 0 Å². The van der Waals surface area contributed by atoms with Crippen LogP contribution in [-0.2, 0) is 10.2 Å². The zero-order chi connectivity index (χ0) is 13.9. The summed E-state index contributed by atoms with van der Waals surface area (Å²) in [7, 11) is 3.60. The fourth-order valence-corrected chi connectivity index (χ4v) is 3.41. The summed E-state index contributed by atoms with van der Waals surface area (Å²) < 4.78 is 0. The quantitative estimate of drug-likeness (QED) is 0.906. The number of hydrogen-bond donors (Lipinski definition) is 1. The third-order valence-electron chi connectivity index (χ3n) is 4.37. The third kappa shape index (κ3) is 2.39. The van der Waals surface area contributed by atoms with E-state index < -0.39 is 5.41 Å². The first-order chi connectivity index (χ1) is 9.13. The number of benzene rings is 1. The summed E-state index contributed by atoms with van der Waals surface area (Å²) in [4.78, 5) is 14.5. The minimum Gasteiger partial charge on any atom is -0.396 e. The number of amides is 1. The van der Waals surface area contributed by atoms with Crippen molar-refractivity contribution < 1.29 is 9.90 Å². The third-order valence-corrected chi connectivity index (χ3v) is 4.37. The molecule has 104 valence electrons. The summed E-state index contributed by atoms with van der Waals surface area (Å²) >= 11 is 0. The molecule has 2 atom stereocenters. The molecule has 0 spiro atoms. The molecular weight excluding hydrogens is 238 g/mol. The van der Waals surface area contributed by atoms with Gasteiger partial charge in [0.05, 0.1) is 5.41 Å². The number of carbonyl (C=O) groups is 1. The Kier molecular flexibility index (Phi) is 4.25. The van der Waals surface area contributed by atoms with Crippen LogP contribution in [0.15, 0.2) is 30.3 Å². The van der Waals surface area contributed by atoms with Crippen molar-refractivity contribution in [2.24, 2.45) is 5.92 Å². The highest BCUT2D eigenvalue weighted by Crippen LogP contribution is 2.44. The van der Waals surface area contributed by atoms with Crippen LogP contribution < -0.4 is 0 Å². The molecule has 0 aromatic heterocycles. The van der Waals surface area contributed by atoms with E-state index in [-0.39, 0.29) is 18.4 Å². The van der Waals surface area contributed by atoms with E-state index in [1.165, 1.54) is 0 Å². The summed E-state index contributed by atoms with van der Waals surface area (Å²) in [5.41, 5.74) is 0.505. The fourth-order valence-electron chi connectivity index (χ4n) is 3.41. The topological polar surface area (TPSA) is 40.5 Å². The highest BCUT2D eigenvalue weighted by Gasteiger charge is 2.48. The summed E-state index contributed by atoms with van der Waals surface area (Å²) in [5.74, 6) is 0.149. The molecule has 1 fully saturated rings. The first kappa shape index (κ1) is 14.1. The van der Waals surface area contributed by atoms with Gasteiger partial charge in [0.25, 0.3) is 0 Å². The lowest BCUT2D eigenvalue weighted by Crippen LogP contribution is -2.51. The second-order valence-electron chi connectivity index (χ2n) is 5.66. The molecule has 1 aliphatic rings. The Balaban J connectivity index is 2.51. The van der Waals surface area contributed by atoms with Gasteiger partial charge in [0.15, 0.2) is 0 Å². The van der Waals surface area contributed by atoms with Gasteiger partial charge in [-0.15, -0.1) is 0 Å². The smallest absolute Gasteiger partial charge is 0.233 e. The minimum absolute atomic E-state index is 0.0264. The van der Waals surface area contributed by atoms with Crippen molar-refractivity contribution in [1.82, 2.24) is 4.90 Å². The van der Waals surface area contributed by atoms with E-state index in [0.29, 0.717) is 0 Å². The molecule has 0 saturated heterocycles. The van der Waals surface area contributed by atoms with Crippen LogP contribution in [-0.4, -0.2) is 36.6 Å². The van der Waals surface area contributed by atoms with Crippen molar-refractivity contribution in [3.8, 4) is 0 Å². The maximum absolute atomic E-state index is 12.8. The van der Waals surface area contributed by atoms with Crippen LogP contribution in [0.3, 0.4) is 0 Å². The Morgan fingerprint density at radius 2 is 2.00 bits per heavy atom. The van der Waals surface area contributed by atoms with E-state index in [9.17, 15) is 9.90 Å². The van der Waals surface area contributed by atoms with Crippen LogP contribution in [0.2, 0.25) is 0 Å². The van der Waals surface area contributed by atoms with Crippen LogP contribution in [0.5, 0.6) is 0 Å². The molecule has 1 saturated carbocycles. The van der Waals surface area contributed by atoms with E-state index >= 15 is 0 Å². The van der Waals surface area contributed by atoms with Gasteiger partial charge in [-0.25, -0.2) is 0 Å². The molecule has 1 N–H and O–H groups in total. The lowest BCUT2D eigenvalue weighted by atomic mass is 9.62. The van der Waals surface area contributed by atoms with Crippen LogP contribution in [0, 0.1) is 5.92 Å². The lowest BCUT2D eigenvalue weighted by molar-refractivity contribution is -0.139. The molecule has 1 aromatic carbocycles. The van der Waals surface area contributed by atoms with Crippen LogP contribution in [0.1, 0.15) is 31.2 Å². The maximum Gasteiger partial charge on any atom is 0.233 e. The van der Waals surface area contributed by atoms with Gasteiger partial charge in [-0.3, -0.25) is 4.79 Å². The zero-order valence-corrected chi connectivity index (χ0v) is 11.8. The Bertz CT molecular complexity index is 430. The highest BCUT2D eigenvalue weighted by molar-refractivity contribution is 5.88. The average Bonchev–Trinajstić information content (AvgIpc) is 2.47. The minimum atomic E-state index is -0.544. The van der Waals surface area contributed by atoms with E-state index in [2.05, 4.69) is 0 Å².